The molecule has 0 bridgehead atoms. The van der Waals surface area contributed by atoms with Crippen LogP contribution in [-0.2, 0) is 12.0 Å². The van der Waals surface area contributed by atoms with Crippen molar-refractivity contribution in [3.8, 4) is 0 Å². The predicted octanol–water partition coefficient (Wildman–Crippen LogP) is 2.49. The normalized spacial score (nSPS) is 19.0. The Bertz CT molecular complexity index is 393. The molecule has 3 heteroatoms. The lowest BCUT2D eigenvalue weighted by atomic mass is 9.78. The SMILES string of the molecule is CC(C)=CCn1cncc1C1(C)CCNCC1. The lowest BCUT2D eigenvalue weighted by Crippen LogP contribution is -2.38. The third-order valence-corrected chi connectivity index (χ3v) is 3.73. The van der Waals surface area contributed by atoms with Gasteiger partial charge in [-0.05, 0) is 39.8 Å². The van der Waals surface area contributed by atoms with Crippen LogP contribution in [0.25, 0.3) is 0 Å². The summed E-state index contributed by atoms with van der Waals surface area (Å²) >= 11 is 0. The first-order valence-electron chi connectivity index (χ1n) is 6.46. The quantitative estimate of drug-likeness (QED) is 0.813. The van der Waals surface area contributed by atoms with Crippen LogP contribution in [0.3, 0.4) is 0 Å². The molecule has 0 aliphatic carbocycles. The summed E-state index contributed by atoms with van der Waals surface area (Å²) in [6.07, 6.45) is 8.67. The highest BCUT2D eigenvalue weighted by atomic mass is 15.1. The Morgan fingerprint density at radius 3 is 2.82 bits per heavy atom. The number of hydrogen-bond acceptors (Lipinski definition) is 2. The Morgan fingerprint density at radius 2 is 2.18 bits per heavy atom. The molecule has 1 aromatic heterocycles. The van der Waals surface area contributed by atoms with Crippen LogP contribution in [0.1, 0.15) is 39.3 Å². The molecule has 1 N–H and O–H groups in total. The number of nitrogens with zero attached hydrogens (tertiary/aromatic N) is 2. The molecule has 0 saturated carbocycles. The lowest BCUT2D eigenvalue weighted by molar-refractivity contribution is 0.319. The molecule has 1 aromatic rings. The zero-order valence-corrected chi connectivity index (χ0v) is 11.2. The Hall–Kier alpha value is -1.09. The number of nitrogens with one attached hydrogen (secondary N) is 1. The number of rotatable bonds is 3. The molecule has 0 spiro atoms. The largest absolute Gasteiger partial charge is 0.330 e. The fourth-order valence-corrected chi connectivity index (χ4v) is 2.48. The van der Waals surface area contributed by atoms with Crippen molar-refractivity contribution in [2.24, 2.45) is 0 Å². The van der Waals surface area contributed by atoms with E-state index >= 15 is 0 Å². The van der Waals surface area contributed by atoms with Gasteiger partial charge in [-0.1, -0.05) is 18.6 Å². The minimum absolute atomic E-state index is 0.289. The van der Waals surface area contributed by atoms with E-state index in [0.29, 0.717) is 0 Å². The zero-order valence-electron chi connectivity index (χ0n) is 11.2. The molecule has 3 nitrogen and oxygen atoms in total. The van der Waals surface area contributed by atoms with Crippen molar-refractivity contribution in [2.45, 2.75) is 45.6 Å². The smallest absolute Gasteiger partial charge is 0.0951 e. The molecular formula is C14H23N3. The molecule has 1 saturated heterocycles. The van der Waals surface area contributed by atoms with Crippen molar-refractivity contribution in [2.75, 3.05) is 13.1 Å². The number of hydrogen-bond donors (Lipinski definition) is 1. The Kier molecular flexibility index (Phi) is 3.67. The maximum atomic E-state index is 4.33. The van der Waals surface area contributed by atoms with Gasteiger partial charge in [0, 0.05) is 23.9 Å². The van der Waals surface area contributed by atoms with Gasteiger partial charge < -0.3 is 9.88 Å². The molecule has 0 aromatic carbocycles. The van der Waals surface area contributed by atoms with Crippen LogP contribution in [0, 0.1) is 0 Å². The predicted molar refractivity (Wildman–Crippen MR) is 71.1 cm³/mol. The van der Waals surface area contributed by atoms with Gasteiger partial charge in [0.25, 0.3) is 0 Å². The molecule has 2 rings (SSSR count). The van der Waals surface area contributed by atoms with E-state index in [1.54, 1.807) is 0 Å². The fraction of sp³-hybridized carbons (Fsp3) is 0.643. The summed E-state index contributed by atoms with van der Waals surface area (Å²) in [7, 11) is 0. The molecule has 0 atom stereocenters. The van der Waals surface area contributed by atoms with Crippen LogP contribution < -0.4 is 5.32 Å². The van der Waals surface area contributed by atoms with Gasteiger partial charge in [-0.25, -0.2) is 4.98 Å². The van der Waals surface area contributed by atoms with Crippen molar-refractivity contribution >= 4 is 0 Å². The first kappa shape index (κ1) is 12.4. The second-order valence-corrected chi connectivity index (χ2v) is 5.52. The van der Waals surface area contributed by atoms with E-state index in [2.05, 4.69) is 41.7 Å². The van der Waals surface area contributed by atoms with E-state index in [4.69, 9.17) is 0 Å². The van der Waals surface area contributed by atoms with Gasteiger partial charge in [-0.3, -0.25) is 0 Å². The molecule has 0 radical (unpaired) electrons. The maximum Gasteiger partial charge on any atom is 0.0951 e. The maximum absolute atomic E-state index is 4.33. The number of allylic oxidation sites excluding steroid dienone is 2. The van der Waals surface area contributed by atoms with E-state index in [1.807, 2.05) is 12.5 Å². The second-order valence-electron chi connectivity index (χ2n) is 5.52. The molecule has 1 aliphatic rings. The molecule has 2 heterocycles. The summed E-state index contributed by atoms with van der Waals surface area (Å²) in [6, 6.07) is 0. The Labute approximate surface area is 104 Å². The highest BCUT2D eigenvalue weighted by Gasteiger charge is 2.31. The van der Waals surface area contributed by atoms with Crippen molar-refractivity contribution in [1.29, 1.82) is 0 Å². The van der Waals surface area contributed by atoms with Crippen LogP contribution in [0.4, 0.5) is 0 Å². The standard InChI is InChI=1S/C14H23N3/c1-12(2)4-9-17-11-16-10-13(17)14(3)5-7-15-8-6-14/h4,10-11,15H,5-9H2,1-3H3. The number of aromatic nitrogens is 2. The van der Waals surface area contributed by atoms with Gasteiger partial charge in [0.1, 0.15) is 0 Å². The molecule has 0 unspecified atom stereocenters. The van der Waals surface area contributed by atoms with Crippen LogP contribution >= 0.6 is 0 Å². The first-order valence-corrected chi connectivity index (χ1v) is 6.46. The van der Waals surface area contributed by atoms with Gasteiger partial charge in [0.05, 0.1) is 6.33 Å². The molecule has 94 valence electrons. The number of piperidine rings is 1. The molecule has 1 aliphatic heterocycles. The van der Waals surface area contributed by atoms with E-state index in [-0.39, 0.29) is 5.41 Å². The minimum Gasteiger partial charge on any atom is -0.330 e. The summed E-state index contributed by atoms with van der Waals surface area (Å²) in [5.74, 6) is 0. The van der Waals surface area contributed by atoms with Crippen LogP contribution in [-0.4, -0.2) is 22.6 Å². The lowest BCUT2D eigenvalue weighted by Gasteiger charge is -2.34. The molecular weight excluding hydrogens is 210 g/mol. The summed E-state index contributed by atoms with van der Waals surface area (Å²) < 4.78 is 2.29. The topological polar surface area (TPSA) is 29.9 Å². The van der Waals surface area contributed by atoms with Gasteiger partial charge in [0.2, 0.25) is 0 Å². The van der Waals surface area contributed by atoms with E-state index < -0.39 is 0 Å². The van der Waals surface area contributed by atoms with Crippen LogP contribution in [0.2, 0.25) is 0 Å². The third-order valence-electron chi connectivity index (χ3n) is 3.73. The summed E-state index contributed by atoms with van der Waals surface area (Å²) in [5.41, 5.74) is 3.04. The highest BCUT2D eigenvalue weighted by Crippen LogP contribution is 2.32. The van der Waals surface area contributed by atoms with Gasteiger partial charge in [0.15, 0.2) is 0 Å². The highest BCUT2D eigenvalue weighted by molar-refractivity contribution is 5.16. The van der Waals surface area contributed by atoms with Gasteiger partial charge in [-0.15, -0.1) is 0 Å². The molecule has 0 amide bonds. The van der Waals surface area contributed by atoms with E-state index in [9.17, 15) is 0 Å². The van der Waals surface area contributed by atoms with E-state index in [0.717, 1.165) is 19.6 Å². The van der Waals surface area contributed by atoms with Crippen molar-refractivity contribution in [1.82, 2.24) is 14.9 Å². The average Bonchev–Trinajstić information content (AvgIpc) is 2.76. The molecule has 1 fully saturated rings. The summed E-state index contributed by atoms with van der Waals surface area (Å²) in [4.78, 5) is 4.33. The van der Waals surface area contributed by atoms with Crippen molar-refractivity contribution in [3.63, 3.8) is 0 Å². The van der Waals surface area contributed by atoms with Crippen LogP contribution in [0.5, 0.6) is 0 Å². The van der Waals surface area contributed by atoms with E-state index in [1.165, 1.54) is 24.1 Å². The van der Waals surface area contributed by atoms with Crippen LogP contribution in [0.15, 0.2) is 24.2 Å². The third kappa shape index (κ3) is 2.78. The minimum atomic E-state index is 0.289. The monoisotopic (exact) mass is 233 g/mol. The summed E-state index contributed by atoms with van der Waals surface area (Å²) in [6.45, 7) is 9.82. The Balaban J connectivity index is 2.20. The Morgan fingerprint density at radius 1 is 1.47 bits per heavy atom. The van der Waals surface area contributed by atoms with Crippen molar-refractivity contribution in [3.05, 3.63) is 29.9 Å². The second kappa shape index (κ2) is 5.05. The summed E-state index contributed by atoms with van der Waals surface area (Å²) in [5, 5.41) is 3.43. The van der Waals surface area contributed by atoms with Gasteiger partial charge >= 0.3 is 0 Å². The number of imidazole rings is 1. The first-order chi connectivity index (χ1) is 8.12. The zero-order chi connectivity index (χ0) is 12.3. The average molecular weight is 233 g/mol. The fourth-order valence-electron chi connectivity index (χ4n) is 2.48. The molecule has 17 heavy (non-hydrogen) atoms. The van der Waals surface area contributed by atoms with Crippen molar-refractivity contribution < 1.29 is 0 Å². The van der Waals surface area contributed by atoms with Gasteiger partial charge in [-0.2, -0.15) is 0 Å².